The number of piperazine rings is 2. The predicted octanol–water partition coefficient (Wildman–Crippen LogP) is 4.93. The Labute approximate surface area is 252 Å². The molecule has 3 aromatic heterocycles. The molecule has 7 heterocycles. The van der Waals surface area contributed by atoms with Crippen LogP contribution in [-0.4, -0.2) is 77.1 Å². The third kappa shape index (κ3) is 4.86. The smallest absolute Gasteiger partial charge is 0.128 e. The fourth-order valence-electron chi connectivity index (χ4n) is 7.08. The number of nitrogens with one attached hydrogen (secondary N) is 2. The number of hydrogen-bond donors (Lipinski definition) is 2. The summed E-state index contributed by atoms with van der Waals surface area (Å²) in [6.07, 6.45) is 8.48. The van der Waals surface area contributed by atoms with Crippen LogP contribution in [0.2, 0.25) is 0 Å². The zero-order valence-corrected chi connectivity index (χ0v) is 24.2. The maximum atomic E-state index is 8.00. The van der Waals surface area contributed by atoms with Gasteiger partial charge < -0.3 is 20.5 Å². The van der Waals surface area contributed by atoms with E-state index in [0.29, 0.717) is 12.1 Å². The predicted molar refractivity (Wildman–Crippen MR) is 173 cm³/mol. The minimum Gasteiger partial charge on any atom is -0.369 e. The topological polar surface area (TPSA) is 75.8 Å². The van der Waals surface area contributed by atoms with Crippen LogP contribution in [-0.2, 0) is 6.54 Å². The monoisotopic (exact) mass is 568 g/mol. The summed E-state index contributed by atoms with van der Waals surface area (Å²) in [5, 5.41) is 16.0. The Bertz CT molecular complexity index is 1730. The lowest BCUT2D eigenvalue weighted by Gasteiger charge is -2.56. The fourth-order valence-corrected chi connectivity index (χ4v) is 7.08. The molecule has 4 aliphatic rings. The molecule has 43 heavy (non-hydrogen) atoms. The zero-order chi connectivity index (χ0) is 28.8. The molecule has 0 radical (unpaired) electrons. The molecule has 2 atom stereocenters. The first-order valence-electron chi connectivity index (χ1n) is 15.3. The van der Waals surface area contributed by atoms with Crippen molar-refractivity contribution in [2.75, 3.05) is 49.1 Å². The molecule has 0 aliphatic carbocycles. The highest BCUT2D eigenvalue weighted by Gasteiger charge is 2.44. The van der Waals surface area contributed by atoms with Crippen LogP contribution >= 0.6 is 0 Å². The standard InChI is InChI=1S/C35H36N8/c36-18-29-20-39-43-22-28(26-6-9-30(10-7-26)40-14-12-37-13-15-40)16-33(35(29)43)27-8-11-34(38-19-27)41-23-31-17-32(24-41)42(31)21-25-4-2-1-3-5-25/h1-11,16,18-20,22,31-32,36-37H,12-15,17,21,23-24H2. The van der Waals surface area contributed by atoms with E-state index in [-0.39, 0.29) is 0 Å². The summed E-state index contributed by atoms with van der Waals surface area (Å²) in [6, 6.07) is 27.4. The van der Waals surface area contributed by atoms with Crippen molar-refractivity contribution in [1.29, 1.82) is 5.41 Å². The molecule has 2 bridgehead atoms. The number of anilines is 2. The van der Waals surface area contributed by atoms with Crippen LogP contribution in [0.4, 0.5) is 11.5 Å². The van der Waals surface area contributed by atoms with Gasteiger partial charge in [-0.3, -0.25) is 4.90 Å². The average Bonchev–Trinajstić information content (AvgIpc) is 3.51. The number of nitrogens with zero attached hydrogens (tertiary/aromatic N) is 6. The molecule has 216 valence electrons. The second kappa shape index (κ2) is 10.9. The molecule has 9 rings (SSSR count). The van der Waals surface area contributed by atoms with Crippen molar-refractivity contribution in [2.45, 2.75) is 25.0 Å². The van der Waals surface area contributed by atoms with Gasteiger partial charge >= 0.3 is 0 Å². The maximum absolute atomic E-state index is 8.00. The third-order valence-electron chi connectivity index (χ3n) is 9.41. The first-order chi connectivity index (χ1) is 21.2. The van der Waals surface area contributed by atoms with E-state index in [4.69, 9.17) is 10.4 Å². The summed E-state index contributed by atoms with van der Waals surface area (Å²) in [5.74, 6) is 1.04. The Morgan fingerprint density at radius 1 is 0.837 bits per heavy atom. The summed E-state index contributed by atoms with van der Waals surface area (Å²) < 4.78 is 1.91. The highest BCUT2D eigenvalue weighted by molar-refractivity contribution is 5.96. The van der Waals surface area contributed by atoms with Gasteiger partial charge in [-0.2, -0.15) is 5.10 Å². The minimum absolute atomic E-state index is 0.580. The van der Waals surface area contributed by atoms with Crippen LogP contribution in [0, 0.1) is 5.41 Å². The van der Waals surface area contributed by atoms with Gasteiger partial charge in [0.15, 0.2) is 0 Å². The van der Waals surface area contributed by atoms with E-state index in [1.807, 2.05) is 10.7 Å². The van der Waals surface area contributed by atoms with E-state index >= 15 is 0 Å². The zero-order valence-electron chi connectivity index (χ0n) is 24.2. The summed E-state index contributed by atoms with van der Waals surface area (Å²) in [4.78, 5) is 12.5. The van der Waals surface area contributed by atoms with E-state index in [0.717, 1.165) is 85.0 Å². The minimum atomic E-state index is 0.580. The molecule has 8 nitrogen and oxygen atoms in total. The van der Waals surface area contributed by atoms with Gasteiger partial charge in [-0.05, 0) is 47.9 Å². The first-order valence-corrected chi connectivity index (χ1v) is 15.3. The number of fused-ring (bicyclic) bond motifs is 3. The molecule has 0 amide bonds. The Kier molecular flexibility index (Phi) is 6.65. The lowest BCUT2D eigenvalue weighted by Crippen LogP contribution is -2.68. The highest BCUT2D eigenvalue weighted by atomic mass is 15.4. The van der Waals surface area contributed by atoms with Gasteiger partial charge in [0.2, 0.25) is 0 Å². The Morgan fingerprint density at radius 3 is 2.33 bits per heavy atom. The summed E-state index contributed by atoms with van der Waals surface area (Å²) in [5.41, 5.74) is 8.68. The first kappa shape index (κ1) is 26.1. The summed E-state index contributed by atoms with van der Waals surface area (Å²) in [6.45, 7) is 7.16. The number of rotatable bonds is 7. The molecule has 0 spiro atoms. The van der Waals surface area contributed by atoms with Crippen LogP contribution in [0.3, 0.4) is 0 Å². The highest BCUT2D eigenvalue weighted by Crippen LogP contribution is 2.37. The molecule has 8 heteroatoms. The molecule has 2 N–H and O–H groups in total. The summed E-state index contributed by atoms with van der Waals surface area (Å²) in [7, 11) is 0. The van der Waals surface area contributed by atoms with E-state index in [1.54, 1.807) is 6.20 Å². The van der Waals surface area contributed by atoms with Crippen LogP contribution < -0.4 is 15.1 Å². The second-order valence-corrected chi connectivity index (χ2v) is 12.0. The van der Waals surface area contributed by atoms with Crippen LogP contribution in [0.5, 0.6) is 0 Å². The molecule has 2 unspecified atom stereocenters. The Hall–Kier alpha value is -4.53. The largest absolute Gasteiger partial charge is 0.369 e. The molecule has 2 aromatic carbocycles. The van der Waals surface area contributed by atoms with Crippen molar-refractivity contribution in [3.05, 3.63) is 103 Å². The quantitative estimate of drug-likeness (QED) is 0.271. The van der Waals surface area contributed by atoms with Crippen LogP contribution in [0.15, 0.2) is 91.4 Å². The van der Waals surface area contributed by atoms with Crippen LogP contribution in [0.25, 0.3) is 27.8 Å². The number of piperidine rings is 1. The number of pyridine rings is 2. The van der Waals surface area contributed by atoms with Gasteiger partial charge in [0.05, 0.1) is 11.7 Å². The van der Waals surface area contributed by atoms with Gasteiger partial charge in [-0.15, -0.1) is 0 Å². The van der Waals surface area contributed by atoms with Crippen molar-refractivity contribution < 1.29 is 0 Å². The van der Waals surface area contributed by atoms with Gasteiger partial charge in [0.1, 0.15) is 5.82 Å². The van der Waals surface area contributed by atoms with E-state index in [1.165, 1.54) is 23.9 Å². The van der Waals surface area contributed by atoms with Gasteiger partial charge in [-0.1, -0.05) is 42.5 Å². The molecule has 4 aliphatic heterocycles. The summed E-state index contributed by atoms with van der Waals surface area (Å²) >= 11 is 0. The van der Waals surface area contributed by atoms with E-state index in [2.05, 4.69) is 104 Å². The van der Waals surface area contributed by atoms with Crippen LogP contribution in [0.1, 0.15) is 17.5 Å². The molecule has 4 fully saturated rings. The molecular formula is C35H36N8. The van der Waals surface area contributed by atoms with Crippen molar-refractivity contribution >= 4 is 23.2 Å². The van der Waals surface area contributed by atoms with Crippen molar-refractivity contribution in [1.82, 2.24) is 24.8 Å². The number of aromatic nitrogens is 3. The van der Waals surface area contributed by atoms with Gasteiger partial charge in [0, 0.05) is 104 Å². The SMILES string of the molecule is N=Cc1cnn2cc(-c3ccc(N4CCNCC4)cc3)cc(-c3ccc(N4CC5CC(C4)N5Cc4ccccc4)nc3)c12. The van der Waals surface area contributed by atoms with E-state index in [9.17, 15) is 0 Å². The normalized spacial score (nSPS) is 20.3. The van der Waals surface area contributed by atoms with Gasteiger partial charge in [0.25, 0.3) is 0 Å². The fraction of sp³-hybridized carbons (Fsp3) is 0.286. The molecule has 5 aromatic rings. The maximum Gasteiger partial charge on any atom is 0.128 e. The number of benzene rings is 2. The average molecular weight is 569 g/mol. The molecule has 0 saturated carbocycles. The third-order valence-corrected chi connectivity index (χ3v) is 9.41. The molecule has 4 saturated heterocycles. The van der Waals surface area contributed by atoms with Crippen molar-refractivity contribution in [3.63, 3.8) is 0 Å². The van der Waals surface area contributed by atoms with Crippen molar-refractivity contribution in [3.8, 4) is 22.3 Å². The Morgan fingerprint density at radius 2 is 1.60 bits per heavy atom. The Balaban J connectivity index is 1.05. The van der Waals surface area contributed by atoms with E-state index < -0.39 is 0 Å². The lowest BCUT2D eigenvalue weighted by molar-refractivity contribution is -0.00867. The van der Waals surface area contributed by atoms with Crippen molar-refractivity contribution in [2.24, 2.45) is 0 Å². The lowest BCUT2D eigenvalue weighted by atomic mass is 9.86. The van der Waals surface area contributed by atoms with Gasteiger partial charge in [-0.25, -0.2) is 9.50 Å². The second-order valence-electron chi connectivity index (χ2n) is 12.0. The number of hydrogen-bond acceptors (Lipinski definition) is 7. The molecular weight excluding hydrogens is 532 g/mol.